The van der Waals surface area contributed by atoms with Gasteiger partial charge in [-0.3, -0.25) is 4.79 Å². The number of hydrogen-bond acceptors (Lipinski definition) is 2. The topological polar surface area (TPSA) is 29.5 Å². The summed E-state index contributed by atoms with van der Waals surface area (Å²) in [6, 6.07) is 4.88. The molecule has 1 aliphatic rings. The minimum Gasteiger partial charge on any atom is -0.423 e. The first kappa shape index (κ1) is 13.8. The van der Waals surface area contributed by atoms with Crippen molar-refractivity contribution in [1.82, 2.24) is 0 Å². The highest BCUT2D eigenvalue weighted by Gasteiger charge is 2.50. The monoisotopic (exact) mass is 269 g/mol. The Labute approximate surface area is 111 Å². The fourth-order valence-electron chi connectivity index (χ4n) is 2.11. The van der Waals surface area contributed by atoms with Crippen LogP contribution >= 0.6 is 0 Å². The molecule has 1 aromatic rings. The summed E-state index contributed by atoms with van der Waals surface area (Å²) < 4.78 is 31.5. The van der Waals surface area contributed by atoms with Crippen molar-refractivity contribution in [3.8, 4) is 5.75 Å². The summed E-state index contributed by atoms with van der Waals surface area (Å²) in [5.74, 6) is -1.21. The lowest BCUT2D eigenvalue weighted by Gasteiger charge is -2.33. The highest BCUT2D eigenvalue weighted by Crippen LogP contribution is 2.39. The second-order valence-corrected chi connectivity index (χ2v) is 4.75. The van der Waals surface area contributed by atoms with Crippen molar-refractivity contribution in [2.24, 2.45) is 0 Å². The van der Waals surface area contributed by atoms with Crippen LogP contribution in [0.3, 0.4) is 0 Å². The minimum absolute atomic E-state index is 0.0618. The third kappa shape index (κ3) is 2.69. The van der Waals surface area contributed by atoms with Crippen LogP contribution in [0.25, 0.3) is 0 Å². The number of nitrogens with zero attached hydrogens (tertiary/aromatic N) is 1. The number of benzene rings is 1. The third-order valence-electron chi connectivity index (χ3n) is 3.12. The van der Waals surface area contributed by atoms with E-state index in [9.17, 15) is 13.6 Å². The maximum absolute atomic E-state index is 13.5. The zero-order valence-corrected chi connectivity index (χ0v) is 11.1. The molecule has 1 aromatic carbocycles. The average Bonchev–Trinajstić information content (AvgIpc) is 2.35. The van der Waals surface area contributed by atoms with Crippen LogP contribution in [0.5, 0.6) is 5.75 Å². The van der Waals surface area contributed by atoms with E-state index in [1.165, 1.54) is 6.07 Å². The van der Waals surface area contributed by atoms with Gasteiger partial charge in [0.15, 0.2) is 5.75 Å². The Bertz CT molecular complexity index is 488. The van der Waals surface area contributed by atoms with Crippen LogP contribution in [0, 0.1) is 6.92 Å². The van der Waals surface area contributed by atoms with Crippen LogP contribution in [-0.2, 0) is 4.79 Å². The number of amides is 1. The summed E-state index contributed by atoms with van der Waals surface area (Å²) in [5.41, 5.74) is 1.34. The molecule has 2 rings (SSSR count). The number of rotatable bonds is 4. The molecule has 1 aliphatic heterocycles. The van der Waals surface area contributed by atoms with Gasteiger partial charge in [0, 0.05) is 6.54 Å². The number of anilines is 1. The van der Waals surface area contributed by atoms with Crippen molar-refractivity contribution >= 4 is 11.6 Å². The predicted molar refractivity (Wildman–Crippen MR) is 68.6 cm³/mol. The molecule has 0 radical (unpaired) electrons. The van der Waals surface area contributed by atoms with Gasteiger partial charge in [-0.2, -0.15) is 8.78 Å². The van der Waals surface area contributed by atoms with Crippen molar-refractivity contribution in [2.45, 2.75) is 39.2 Å². The Balaban J connectivity index is 2.33. The Morgan fingerprint density at radius 2 is 2.05 bits per heavy atom. The molecular weight excluding hydrogens is 252 g/mol. The van der Waals surface area contributed by atoms with E-state index in [1.807, 2.05) is 13.8 Å². The molecule has 0 saturated carbocycles. The second kappa shape index (κ2) is 5.15. The van der Waals surface area contributed by atoms with Crippen LogP contribution < -0.4 is 9.64 Å². The summed E-state index contributed by atoms with van der Waals surface area (Å²) in [7, 11) is 0. The van der Waals surface area contributed by atoms with Gasteiger partial charge in [-0.05, 0) is 31.0 Å². The van der Waals surface area contributed by atoms with Crippen molar-refractivity contribution in [3.63, 3.8) is 0 Å². The van der Waals surface area contributed by atoms with E-state index in [0.717, 1.165) is 23.3 Å². The van der Waals surface area contributed by atoms with Gasteiger partial charge < -0.3 is 9.64 Å². The molecular formula is C14H17F2NO2. The standard InChI is InChI=1S/C14H17F2NO2/c1-3-4-5-8-17-11-9-10(2)6-7-12(11)19-14(15,16)13(17)18/h6-7,9H,3-5,8H2,1-2H3. The van der Waals surface area contributed by atoms with Gasteiger partial charge in [0.2, 0.25) is 0 Å². The summed E-state index contributed by atoms with van der Waals surface area (Å²) in [6.07, 6.45) is -1.20. The molecule has 0 bridgehead atoms. The molecule has 0 saturated heterocycles. The highest BCUT2D eigenvalue weighted by atomic mass is 19.3. The summed E-state index contributed by atoms with van der Waals surface area (Å²) in [4.78, 5) is 12.9. The molecule has 0 fully saturated rings. The fraction of sp³-hybridized carbons (Fsp3) is 0.500. The van der Waals surface area contributed by atoms with Crippen molar-refractivity contribution < 1.29 is 18.3 Å². The molecule has 19 heavy (non-hydrogen) atoms. The molecule has 104 valence electrons. The summed E-state index contributed by atoms with van der Waals surface area (Å²) >= 11 is 0. The van der Waals surface area contributed by atoms with Gasteiger partial charge >= 0.3 is 12.0 Å². The normalized spacial score (nSPS) is 17.1. The zero-order valence-electron chi connectivity index (χ0n) is 11.1. The van der Waals surface area contributed by atoms with E-state index >= 15 is 0 Å². The highest BCUT2D eigenvalue weighted by molar-refractivity contribution is 6.00. The van der Waals surface area contributed by atoms with E-state index in [0.29, 0.717) is 18.7 Å². The molecule has 1 heterocycles. The predicted octanol–water partition coefficient (Wildman–Crippen LogP) is 3.50. The number of aryl methyl sites for hydroxylation is 1. The molecule has 3 nitrogen and oxygen atoms in total. The van der Waals surface area contributed by atoms with Gasteiger partial charge in [0.1, 0.15) is 0 Å². The van der Waals surface area contributed by atoms with Crippen LogP contribution in [0.1, 0.15) is 31.7 Å². The largest absolute Gasteiger partial charge is 0.482 e. The van der Waals surface area contributed by atoms with Crippen LogP contribution in [0.4, 0.5) is 14.5 Å². The van der Waals surface area contributed by atoms with Gasteiger partial charge in [-0.25, -0.2) is 0 Å². The lowest BCUT2D eigenvalue weighted by molar-refractivity contribution is -0.192. The molecule has 0 spiro atoms. The van der Waals surface area contributed by atoms with Crippen molar-refractivity contribution in [1.29, 1.82) is 0 Å². The van der Waals surface area contributed by atoms with Gasteiger partial charge in [-0.15, -0.1) is 0 Å². The second-order valence-electron chi connectivity index (χ2n) is 4.75. The SMILES string of the molecule is CCCCCN1C(=O)C(F)(F)Oc2ccc(C)cc21. The Hall–Kier alpha value is -1.65. The zero-order chi connectivity index (χ0) is 14.0. The minimum atomic E-state index is -3.77. The Morgan fingerprint density at radius 3 is 2.74 bits per heavy atom. The number of carbonyl (C=O) groups is 1. The maximum atomic E-state index is 13.5. The molecule has 1 amide bonds. The number of fused-ring (bicyclic) bond motifs is 1. The molecule has 0 aliphatic carbocycles. The van der Waals surface area contributed by atoms with Crippen LogP contribution in [0.15, 0.2) is 18.2 Å². The number of alkyl halides is 2. The van der Waals surface area contributed by atoms with E-state index in [1.54, 1.807) is 12.1 Å². The molecule has 0 aromatic heterocycles. The van der Waals surface area contributed by atoms with E-state index in [-0.39, 0.29) is 5.75 Å². The number of halogens is 2. The average molecular weight is 269 g/mol. The lowest BCUT2D eigenvalue weighted by Crippen LogP contribution is -2.51. The Morgan fingerprint density at radius 1 is 1.32 bits per heavy atom. The summed E-state index contributed by atoms with van der Waals surface area (Å²) in [5, 5.41) is 0. The number of ether oxygens (including phenoxy) is 1. The van der Waals surface area contributed by atoms with Crippen LogP contribution in [0.2, 0.25) is 0 Å². The number of hydrogen-bond donors (Lipinski definition) is 0. The van der Waals surface area contributed by atoms with Crippen LogP contribution in [-0.4, -0.2) is 18.6 Å². The first-order chi connectivity index (χ1) is 8.95. The van der Waals surface area contributed by atoms with Crippen molar-refractivity contribution in [3.05, 3.63) is 23.8 Å². The van der Waals surface area contributed by atoms with E-state index in [2.05, 4.69) is 4.74 Å². The third-order valence-corrected chi connectivity index (χ3v) is 3.12. The molecule has 5 heteroatoms. The van der Waals surface area contributed by atoms with E-state index in [4.69, 9.17) is 0 Å². The first-order valence-corrected chi connectivity index (χ1v) is 6.45. The summed E-state index contributed by atoms with van der Waals surface area (Å²) in [6.45, 7) is 4.16. The lowest BCUT2D eigenvalue weighted by atomic mass is 10.1. The van der Waals surface area contributed by atoms with E-state index < -0.39 is 12.0 Å². The van der Waals surface area contributed by atoms with Crippen molar-refractivity contribution in [2.75, 3.05) is 11.4 Å². The van der Waals surface area contributed by atoms with Gasteiger partial charge in [-0.1, -0.05) is 25.8 Å². The molecule has 0 N–H and O–H groups in total. The van der Waals surface area contributed by atoms with Gasteiger partial charge in [0.25, 0.3) is 0 Å². The molecule has 0 atom stereocenters. The smallest absolute Gasteiger partial charge is 0.423 e. The van der Waals surface area contributed by atoms with Gasteiger partial charge in [0.05, 0.1) is 5.69 Å². The maximum Gasteiger partial charge on any atom is 0.482 e. The number of carbonyl (C=O) groups excluding carboxylic acids is 1. The quantitative estimate of drug-likeness (QED) is 0.783. The molecule has 0 unspecified atom stereocenters. The number of unbranched alkanes of at least 4 members (excludes halogenated alkanes) is 2. The first-order valence-electron chi connectivity index (χ1n) is 6.45. The fourth-order valence-corrected chi connectivity index (χ4v) is 2.11. The Kier molecular flexibility index (Phi) is 3.73.